The van der Waals surface area contributed by atoms with E-state index in [-0.39, 0.29) is 5.56 Å². The second kappa shape index (κ2) is 3.98. The van der Waals surface area contributed by atoms with Gasteiger partial charge in [-0.05, 0) is 12.1 Å². The van der Waals surface area contributed by atoms with Crippen molar-refractivity contribution in [1.29, 1.82) is 5.26 Å². The molecule has 7 heteroatoms. The molecular weight excluding hydrogens is 228 g/mol. The molecular formula is C9H6F4N2O. The SMILES string of the molecule is N#Cc1cc(F)c(O)c([C@@H](N)C(F)(F)F)c1. The molecule has 0 saturated heterocycles. The molecule has 0 fully saturated rings. The lowest BCUT2D eigenvalue weighted by Crippen LogP contribution is -2.28. The summed E-state index contributed by atoms with van der Waals surface area (Å²) in [5.41, 5.74) is 3.60. The van der Waals surface area contributed by atoms with Crippen molar-refractivity contribution in [3.05, 3.63) is 29.1 Å². The Morgan fingerprint density at radius 3 is 2.38 bits per heavy atom. The van der Waals surface area contributed by atoms with Crippen LogP contribution in [0.2, 0.25) is 0 Å². The van der Waals surface area contributed by atoms with Crippen molar-refractivity contribution in [2.75, 3.05) is 0 Å². The van der Waals surface area contributed by atoms with E-state index in [2.05, 4.69) is 0 Å². The molecule has 3 N–H and O–H groups in total. The number of nitrogens with two attached hydrogens (primary N) is 1. The monoisotopic (exact) mass is 234 g/mol. The predicted molar refractivity (Wildman–Crippen MR) is 45.8 cm³/mol. The third kappa shape index (κ3) is 2.23. The fourth-order valence-corrected chi connectivity index (χ4v) is 1.10. The molecule has 16 heavy (non-hydrogen) atoms. The van der Waals surface area contributed by atoms with Crippen molar-refractivity contribution in [2.45, 2.75) is 12.2 Å². The number of aromatic hydroxyl groups is 1. The van der Waals surface area contributed by atoms with Gasteiger partial charge in [0.05, 0.1) is 11.6 Å². The summed E-state index contributed by atoms with van der Waals surface area (Å²) in [4.78, 5) is 0. The number of rotatable bonds is 1. The number of phenols is 1. The molecule has 0 unspecified atom stereocenters. The van der Waals surface area contributed by atoms with Crippen LogP contribution in [0.1, 0.15) is 17.2 Å². The maximum Gasteiger partial charge on any atom is 0.407 e. The van der Waals surface area contributed by atoms with Crippen LogP contribution in [0, 0.1) is 17.1 Å². The molecule has 0 heterocycles. The summed E-state index contributed by atoms with van der Waals surface area (Å²) in [6.07, 6.45) is -4.82. The molecule has 1 aromatic carbocycles. The summed E-state index contributed by atoms with van der Waals surface area (Å²) < 4.78 is 49.7. The second-order valence-corrected chi connectivity index (χ2v) is 3.03. The minimum absolute atomic E-state index is 0.343. The highest BCUT2D eigenvalue weighted by atomic mass is 19.4. The Hall–Kier alpha value is -1.81. The van der Waals surface area contributed by atoms with Gasteiger partial charge in [-0.1, -0.05) is 0 Å². The van der Waals surface area contributed by atoms with Gasteiger partial charge in [0.1, 0.15) is 6.04 Å². The van der Waals surface area contributed by atoms with Crippen LogP contribution in [0.4, 0.5) is 17.6 Å². The van der Waals surface area contributed by atoms with E-state index >= 15 is 0 Å². The van der Waals surface area contributed by atoms with Gasteiger partial charge >= 0.3 is 6.18 Å². The van der Waals surface area contributed by atoms with Gasteiger partial charge in [0.2, 0.25) is 0 Å². The number of halogens is 4. The highest BCUT2D eigenvalue weighted by Gasteiger charge is 2.40. The molecule has 3 nitrogen and oxygen atoms in total. The Morgan fingerprint density at radius 2 is 1.94 bits per heavy atom. The molecule has 0 amide bonds. The number of hydrogen-bond donors (Lipinski definition) is 2. The van der Waals surface area contributed by atoms with Gasteiger partial charge < -0.3 is 10.8 Å². The van der Waals surface area contributed by atoms with Crippen molar-refractivity contribution in [3.8, 4) is 11.8 Å². The molecule has 1 rings (SSSR count). The van der Waals surface area contributed by atoms with Crippen LogP contribution in [0.25, 0.3) is 0 Å². The largest absolute Gasteiger partial charge is 0.505 e. The third-order valence-electron chi connectivity index (χ3n) is 1.91. The van der Waals surface area contributed by atoms with Crippen LogP contribution in [-0.4, -0.2) is 11.3 Å². The van der Waals surface area contributed by atoms with Gasteiger partial charge in [-0.15, -0.1) is 0 Å². The summed E-state index contributed by atoms with van der Waals surface area (Å²) in [5, 5.41) is 17.5. The maximum atomic E-state index is 13.0. The minimum Gasteiger partial charge on any atom is -0.505 e. The van der Waals surface area contributed by atoms with Gasteiger partial charge in [0.25, 0.3) is 0 Å². The fraction of sp³-hybridized carbons (Fsp3) is 0.222. The zero-order valence-electron chi connectivity index (χ0n) is 7.72. The average Bonchev–Trinajstić information content (AvgIpc) is 2.19. The van der Waals surface area contributed by atoms with E-state index in [1.165, 1.54) is 6.07 Å². The van der Waals surface area contributed by atoms with Gasteiger partial charge in [-0.3, -0.25) is 0 Å². The summed E-state index contributed by atoms with van der Waals surface area (Å²) in [5.74, 6) is -2.50. The van der Waals surface area contributed by atoms with Crippen LogP contribution in [0.5, 0.6) is 5.75 Å². The predicted octanol–water partition coefficient (Wildman–Crippen LogP) is 1.97. The highest BCUT2D eigenvalue weighted by molar-refractivity contribution is 5.44. The molecule has 0 aliphatic rings. The van der Waals surface area contributed by atoms with Crippen molar-refractivity contribution in [3.63, 3.8) is 0 Å². The number of nitrogens with zero attached hydrogens (tertiary/aromatic N) is 1. The Kier molecular flexibility index (Phi) is 3.05. The fourth-order valence-electron chi connectivity index (χ4n) is 1.10. The molecule has 0 aliphatic carbocycles. The number of benzene rings is 1. The quantitative estimate of drug-likeness (QED) is 0.729. The lowest BCUT2D eigenvalue weighted by Gasteiger charge is -2.17. The van der Waals surface area contributed by atoms with E-state index in [1.54, 1.807) is 0 Å². The Morgan fingerprint density at radius 1 is 1.38 bits per heavy atom. The van der Waals surface area contributed by atoms with E-state index in [4.69, 9.17) is 16.1 Å². The van der Waals surface area contributed by atoms with E-state index in [0.717, 1.165) is 0 Å². The first-order chi connectivity index (χ1) is 7.27. The zero-order chi connectivity index (χ0) is 12.5. The minimum atomic E-state index is -4.82. The van der Waals surface area contributed by atoms with E-state index < -0.39 is 29.3 Å². The number of alkyl halides is 3. The number of nitriles is 1. The molecule has 0 saturated carbocycles. The molecule has 0 radical (unpaired) electrons. The van der Waals surface area contributed by atoms with E-state index in [0.29, 0.717) is 12.1 Å². The van der Waals surface area contributed by atoms with Crippen LogP contribution < -0.4 is 5.73 Å². The van der Waals surface area contributed by atoms with Gasteiger partial charge in [-0.2, -0.15) is 18.4 Å². The zero-order valence-corrected chi connectivity index (χ0v) is 7.72. The van der Waals surface area contributed by atoms with E-state index in [9.17, 15) is 17.6 Å². The third-order valence-corrected chi connectivity index (χ3v) is 1.91. The topological polar surface area (TPSA) is 70.0 Å². The Balaban J connectivity index is 3.34. The van der Waals surface area contributed by atoms with Crippen LogP contribution >= 0.6 is 0 Å². The molecule has 0 aromatic heterocycles. The van der Waals surface area contributed by atoms with Gasteiger partial charge in [0.15, 0.2) is 11.6 Å². The van der Waals surface area contributed by atoms with Gasteiger partial charge in [0, 0.05) is 5.56 Å². The number of phenolic OH excluding ortho intramolecular Hbond substituents is 1. The van der Waals surface area contributed by atoms with Crippen LogP contribution in [0.3, 0.4) is 0 Å². The van der Waals surface area contributed by atoms with Crippen LogP contribution in [0.15, 0.2) is 12.1 Å². The average molecular weight is 234 g/mol. The van der Waals surface area contributed by atoms with Crippen molar-refractivity contribution in [2.24, 2.45) is 5.73 Å². The molecule has 86 valence electrons. The second-order valence-electron chi connectivity index (χ2n) is 3.03. The molecule has 0 spiro atoms. The number of hydrogen-bond acceptors (Lipinski definition) is 3. The lowest BCUT2D eigenvalue weighted by molar-refractivity contribution is -0.149. The maximum absolute atomic E-state index is 13.0. The van der Waals surface area contributed by atoms with Crippen molar-refractivity contribution < 1.29 is 22.7 Å². The standard InChI is InChI=1S/C9H6F4N2O/c10-6-2-4(3-14)1-5(7(6)16)8(15)9(11,12)13/h1-2,8,16H,15H2/t8-/m1/s1. The van der Waals surface area contributed by atoms with Crippen LogP contribution in [-0.2, 0) is 0 Å². The normalized spacial score (nSPS) is 13.2. The first kappa shape index (κ1) is 12.3. The first-order valence-corrected chi connectivity index (χ1v) is 4.02. The highest BCUT2D eigenvalue weighted by Crippen LogP contribution is 2.36. The summed E-state index contributed by atoms with van der Waals surface area (Å²) in [6, 6.07) is 0.267. The summed E-state index contributed by atoms with van der Waals surface area (Å²) in [7, 11) is 0. The van der Waals surface area contributed by atoms with Crippen molar-refractivity contribution >= 4 is 0 Å². The summed E-state index contributed by atoms with van der Waals surface area (Å²) >= 11 is 0. The van der Waals surface area contributed by atoms with Gasteiger partial charge in [-0.25, -0.2) is 4.39 Å². The molecule has 0 aliphatic heterocycles. The molecule has 0 bridgehead atoms. The van der Waals surface area contributed by atoms with E-state index in [1.807, 2.05) is 0 Å². The summed E-state index contributed by atoms with van der Waals surface area (Å²) in [6.45, 7) is 0. The smallest absolute Gasteiger partial charge is 0.407 e. The lowest BCUT2D eigenvalue weighted by atomic mass is 10.0. The Bertz CT molecular complexity index is 450. The molecule has 1 atom stereocenters. The molecule has 1 aromatic rings. The van der Waals surface area contributed by atoms with Crippen molar-refractivity contribution in [1.82, 2.24) is 0 Å². The first-order valence-electron chi connectivity index (χ1n) is 4.02. The Labute approximate surface area is 87.7 Å².